The predicted molar refractivity (Wildman–Crippen MR) is 188 cm³/mol. The topological polar surface area (TPSA) is 78.9 Å². The van der Waals surface area contributed by atoms with E-state index in [0.717, 1.165) is 32.1 Å². The van der Waals surface area contributed by atoms with Crippen molar-refractivity contribution in [3.63, 3.8) is 0 Å². The minimum atomic E-state index is -4.44. The first-order valence-electron chi connectivity index (χ1n) is 19.0. The van der Waals surface area contributed by atoms with E-state index in [1.54, 1.807) is 4.90 Å². The molecular weight excluding hydrogens is 583 g/mol. The molecule has 1 unspecified atom stereocenters. The van der Waals surface area contributed by atoms with Gasteiger partial charge in [0.25, 0.3) is 7.82 Å². The van der Waals surface area contributed by atoms with Crippen molar-refractivity contribution in [2.75, 3.05) is 40.8 Å². The van der Waals surface area contributed by atoms with Crippen molar-refractivity contribution in [1.29, 1.82) is 0 Å². The number of nitrogens with zero attached hydrogens (tertiary/aromatic N) is 2. The highest BCUT2D eigenvalue weighted by Crippen LogP contribution is 2.42. The standard InChI is InChI=1S/C37H73N2O5P/c1-5-6-7-8-9-10-11-12-13-14-15-16-17-18-19-20-21-22-23-24-25-26-27-28-29-31-36(40)38-33-30-32-37(38)44-45(41,42)43-35-34-39(2,3)4/h22-23,37H,5-21,24-35H2,1-4H3/b23-22-/t37-/m0/s1. The lowest BCUT2D eigenvalue weighted by molar-refractivity contribution is -0.870. The molecule has 0 bridgehead atoms. The summed E-state index contributed by atoms with van der Waals surface area (Å²) in [5.74, 6) is -0.0131. The Morgan fingerprint density at radius 1 is 0.756 bits per heavy atom. The number of quaternary nitrogens is 1. The molecule has 266 valence electrons. The average molecular weight is 657 g/mol. The maximum Gasteiger partial charge on any atom is 0.270 e. The van der Waals surface area contributed by atoms with Gasteiger partial charge in [-0.2, -0.15) is 0 Å². The summed E-state index contributed by atoms with van der Waals surface area (Å²) in [4.78, 5) is 26.6. The maximum absolute atomic E-state index is 12.7. The summed E-state index contributed by atoms with van der Waals surface area (Å²) in [6.45, 7) is 3.46. The lowest BCUT2D eigenvalue weighted by Gasteiger charge is -2.32. The van der Waals surface area contributed by atoms with E-state index in [1.165, 1.54) is 122 Å². The third-order valence-electron chi connectivity index (χ3n) is 8.93. The number of allylic oxidation sites excluding steroid dienone is 2. The molecule has 0 radical (unpaired) electrons. The molecule has 1 aliphatic rings. The van der Waals surface area contributed by atoms with Crippen LogP contribution in [0.1, 0.15) is 174 Å². The third kappa shape index (κ3) is 26.0. The number of phosphoric acid groups is 1. The molecule has 0 aromatic carbocycles. The average Bonchev–Trinajstić information content (AvgIpc) is 3.43. The molecule has 1 fully saturated rings. The van der Waals surface area contributed by atoms with Crippen LogP contribution in [0.25, 0.3) is 0 Å². The molecule has 0 saturated carbocycles. The van der Waals surface area contributed by atoms with Gasteiger partial charge in [0.2, 0.25) is 5.91 Å². The van der Waals surface area contributed by atoms with Crippen molar-refractivity contribution in [2.24, 2.45) is 0 Å². The summed E-state index contributed by atoms with van der Waals surface area (Å²) in [6.07, 6.45) is 36.2. The lowest BCUT2D eigenvalue weighted by Crippen LogP contribution is -2.39. The van der Waals surface area contributed by atoms with Crippen LogP contribution in [0, 0.1) is 0 Å². The fourth-order valence-electron chi connectivity index (χ4n) is 6.00. The molecule has 2 atom stereocenters. The van der Waals surface area contributed by atoms with Crippen LogP contribution in [0.3, 0.4) is 0 Å². The van der Waals surface area contributed by atoms with Gasteiger partial charge >= 0.3 is 0 Å². The molecule has 8 heteroatoms. The van der Waals surface area contributed by atoms with E-state index in [2.05, 4.69) is 19.1 Å². The monoisotopic (exact) mass is 657 g/mol. The van der Waals surface area contributed by atoms with E-state index in [4.69, 9.17) is 9.05 Å². The van der Waals surface area contributed by atoms with E-state index in [9.17, 15) is 14.3 Å². The highest BCUT2D eigenvalue weighted by Gasteiger charge is 2.32. The molecule has 1 rings (SSSR count). The SMILES string of the molecule is CCCCCCCCCCCCCCCCCC/C=C\CCCCCCCC(=O)N1CCC[C@@H]1OP(=O)([O-])OCC[N+](C)(C)C. The highest BCUT2D eigenvalue weighted by molar-refractivity contribution is 7.45. The number of unbranched alkanes of at least 4 members (excludes halogenated alkanes) is 21. The first-order valence-corrected chi connectivity index (χ1v) is 20.5. The molecule has 0 aromatic rings. The summed E-state index contributed by atoms with van der Waals surface area (Å²) in [6, 6.07) is 0. The van der Waals surface area contributed by atoms with Crippen LogP contribution in [-0.2, 0) is 18.4 Å². The van der Waals surface area contributed by atoms with Crippen LogP contribution in [0.2, 0.25) is 0 Å². The van der Waals surface area contributed by atoms with E-state index in [1.807, 2.05) is 21.1 Å². The van der Waals surface area contributed by atoms with Crippen LogP contribution in [-0.4, -0.2) is 62.4 Å². The fourth-order valence-corrected chi connectivity index (χ4v) is 6.88. The quantitative estimate of drug-likeness (QED) is 0.0321. The van der Waals surface area contributed by atoms with Gasteiger partial charge < -0.3 is 18.8 Å². The predicted octanol–water partition coefficient (Wildman–Crippen LogP) is 10.1. The first kappa shape index (κ1) is 42.3. The summed E-state index contributed by atoms with van der Waals surface area (Å²) >= 11 is 0. The molecule has 1 saturated heterocycles. The number of carbonyl (C=O) groups excluding carboxylic acids is 1. The van der Waals surface area contributed by atoms with Crippen molar-refractivity contribution in [3.05, 3.63) is 12.2 Å². The molecule has 1 heterocycles. The smallest absolute Gasteiger partial charge is 0.270 e. The summed E-state index contributed by atoms with van der Waals surface area (Å²) in [5, 5.41) is 0. The zero-order valence-corrected chi connectivity index (χ0v) is 31.0. The Hall–Kier alpha value is -0.720. The van der Waals surface area contributed by atoms with Gasteiger partial charge in [0.05, 0.1) is 21.1 Å². The van der Waals surface area contributed by atoms with Crippen LogP contribution >= 0.6 is 7.82 Å². The van der Waals surface area contributed by atoms with Gasteiger partial charge in [-0.3, -0.25) is 13.9 Å². The van der Waals surface area contributed by atoms with Gasteiger partial charge in [0.1, 0.15) is 19.4 Å². The number of likely N-dealkylation sites (N-methyl/N-ethyl adjacent to an activating group) is 1. The van der Waals surface area contributed by atoms with Crippen LogP contribution in [0.15, 0.2) is 12.2 Å². The van der Waals surface area contributed by atoms with E-state index >= 15 is 0 Å². The Balaban J connectivity index is 1.90. The summed E-state index contributed by atoms with van der Waals surface area (Å²) in [7, 11) is 1.47. The Bertz CT molecular complexity index is 785. The minimum Gasteiger partial charge on any atom is -0.756 e. The number of likely N-dealkylation sites (tertiary alicyclic amines) is 1. The Morgan fingerprint density at radius 3 is 1.67 bits per heavy atom. The second-order valence-corrected chi connectivity index (χ2v) is 15.8. The number of rotatable bonds is 31. The summed E-state index contributed by atoms with van der Waals surface area (Å²) < 4.78 is 23.2. The largest absolute Gasteiger partial charge is 0.756 e. The number of hydrogen-bond acceptors (Lipinski definition) is 5. The van der Waals surface area contributed by atoms with Gasteiger partial charge in [0.15, 0.2) is 0 Å². The zero-order valence-electron chi connectivity index (χ0n) is 30.1. The van der Waals surface area contributed by atoms with Gasteiger partial charge in [0, 0.05) is 13.0 Å². The second-order valence-electron chi connectivity index (χ2n) is 14.5. The van der Waals surface area contributed by atoms with Crippen molar-refractivity contribution in [1.82, 2.24) is 4.90 Å². The number of carbonyl (C=O) groups is 1. The minimum absolute atomic E-state index is 0.0131. The van der Waals surface area contributed by atoms with E-state index in [-0.39, 0.29) is 12.5 Å². The Labute approximate surface area is 279 Å². The van der Waals surface area contributed by atoms with Crippen molar-refractivity contribution >= 4 is 13.7 Å². The first-order chi connectivity index (χ1) is 21.6. The molecule has 1 amide bonds. The molecule has 0 aromatic heterocycles. The lowest BCUT2D eigenvalue weighted by atomic mass is 10.0. The number of phosphoric ester groups is 1. The van der Waals surface area contributed by atoms with Crippen LogP contribution in [0.4, 0.5) is 0 Å². The van der Waals surface area contributed by atoms with Crippen molar-refractivity contribution in [3.8, 4) is 0 Å². The van der Waals surface area contributed by atoms with Gasteiger partial charge in [-0.15, -0.1) is 0 Å². The molecule has 45 heavy (non-hydrogen) atoms. The molecule has 0 aliphatic carbocycles. The molecule has 0 spiro atoms. The molecule has 7 nitrogen and oxygen atoms in total. The fraction of sp³-hybridized carbons (Fsp3) is 0.919. The normalized spacial score (nSPS) is 17.0. The summed E-state index contributed by atoms with van der Waals surface area (Å²) in [5.41, 5.74) is 0. The molecular formula is C37H73N2O5P. The highest BCUT2D eigenvalue weighted by atomic mass is 31.2. The van der Waals surface area contributed by atoms with Crippen molar-refractivity contribution < 1.29 is 27.8 Å². The van der Waals surface area contributed by atoms with Gasteiger partial charge in [-0.05, 0) is 44.9 Å². The van der Waals surface area contributed by atoms with E-state index in [0.29, 0.717) is 30.4 Å². The van der Waals surface area contributed by atoms with Crippen LogP contribution < -0.4 is 4.89 Å². The zero-order chi connectivity index (χ0) is 33.1. The Morgan fingerprint density at radius 2 is 1.20 bits per heavy atom. The van der Waals surface area contributed by atoms with Crippen LogP contribution in [0.5, 0.6) is 0 Å². The third-order valence-corrected chi connectivity index (χ3v) is 9.93. The molecule has 1 aliphatic heterocycles. The number of hydrogen-bond donors (Lipinski definition) is 0. The van der Waals surface area contributed by atoms with Gasteiger partial charge in [-0.25, -0.2) is 0 Å². The van der Waals surface area contributed by atoms with Crippen molar-refractivity contribution in [2.45, 2.75) is 180 Å². The second kappa shape index (κ2) is 27.3. The molecule has 0 N–H and O–H groups in total. The van der Waals surface area contributed by atoms with Gasteiger partial charge in [-0.1, -0.05) is 135 Å². The maximum atomic E-state index is 12.7. The number of amides is 1. The Kier molecular flexibility index (Phi) is 25.6. The van der Waals surface area contributed by atoms with E-state index < -0.39 is 14.1 Å².